The molecule has 1 fully saturated rings. The second-order valence-electron chi connectivity index (χ2n) is 4.24. The Labute approximate surface area is 92.3 Å². The van der Waals surface area contributed by atoms with Crippen LogP contribution in [0.5, 0.6) is 0 Å². The third-order valence-electron chi connectivity index (χ3n) is 2.68. The Kier molecular flexibility index (Phi) is 5.02. The molecule has 0 aliphatic heterocycles. The number of hydrogen-bond acceptors (Lipinski definition) is 4. The van der Waals surface area contributed by atoms with Crippen LogP contribution in [-0.2, 0) is 14.7 Å². The molecule has 1 saturated carbocycles. The van der Waals surface area contributed by atoms with E-state index in [1.807, 2.05) is 6.92 Å². The van der Waals surface area contributed by atoms with Gasteiger partial charge in [0.05, 0.1) is 11.9 Å². The molecule has 0 aromatic carbocycles. The first-order valence-corrected chi connectivity index (χ1v) is 7.47. The highest BCUT2D eigenvalue weighted by Crippen LogP contribution is 2.19. The SMILES string of the molecule is CCS(=O)(=O)CC(C)NOC1CCCC1. The van der Waals surface area contributed by atoms with Gasteiger partial charge in [-0.3, -0.25) is 4.84 Å². The van der Waals surface area contributed by atoms with Crippen LogP contribution in [0.3, 0.4) is 0 Å². The van der Waals surface area contributed by atoms with Crippen molar-refractivity contribution >= 4 is 9.84 Å². The first kappa shape index (κ1) is 12.9. The van der Waals surface area contributed by atoms with Crippen molar-refractivity contribution in [1.29, 1.82) is 0 Å². The summed E-state index contributed by atoms with van der Waals surface area (Å²) in [6.07, 6.45) is 4.87. The summed E-state index contributed by atoms with van der Waals surface area (Å²) in [5.41, 5.74) is 2.84. The van der Waals surface area contributed by atoms with E-state index in [0.717, 1.165) is 12.8 Å². The fourth-order valence-electron chi connectivity index (χ4n) is 1.75. The maximum absolute atomic E-state index is 11.3. The third kappa shape index (κ3) is 4.95. The molecule has 1 unspecified atom stereocenters. The molecular formula is C10H21NO3S. The number of sulfone groups is 1. The maximum atomic E-state index is 11.3. The standard InChI is InChI=1S/C10H21NO3S/c1-3-15(12,13)8-9(2)11-14-10-6-4-5-7-10/h9-11H,3-8H2,1-2H3. The molecule has 0 saturated heterocycles. The molecule has 0 heterocycles. The molecule has 1 N–H and O–H groups in total. The number of hydrogen-bond donors (Lipinski definition) is 1. The molecule has 1 atom stereocenters. The number of nitrogens with one attached hydrogen (secondary N) is 1. The molecule has 90 valence electrons. The summed E-state index contributed by atoms with van der Waals surface area (Å²) in [5.74, 6) is 0.346. The molecule has 1 rings (SSSR count). The van der Waals surface area contributed by atoms with E-state index >= 15 is 0 Å². The Morgan fingerprint density at radius 3 is 2.53 bits per heavy atom. The van der Waals surface area contributed by atoms with Crippen LogP contribution < -0.4 is 5.48 Å². The molecule has 1 aliphatic carbocycles. The average Bonchev–Trinajstić information content (AvgIpc) is 2.66. The normalized spacial score (nSPS) is 20.7. The van der Waals surface area contributed by atoms with Crippen molar-refractivity contribution in [3.8, 4) is 0 Å². The Hall–Kier alpha value is -0.130. The van der Waals surface area contributed by atoms with Gasteiger partial charge in [0.1, 0.15) is 0 Å². The Bertz CT molecular complexity index is 270. The third-order valence-corrected chi connectivity index (χ3v) is 4.57. The van der Waals surface area contributed by atoms with E-state index in [0.29, 0.717) is 0 Å². The topological polar surface area (TPSA) is 55.4 Å². The van der Waals surface area contributed by atoms with Gasteiger partial charge in [-0.15, -0.1) is 0 Å². The van der Waals surface area contributed by atoms with Gasteiger partial charge in [-0.2, -0.15) is 5.48 Å². The molecule has 4 nitrogen and oxygen atoms in total. The first-order valence-electron chi connectivity index (χ1n) is 5.65. The van der Waals surface area contributed by atoms with Crippen LogP contribution in [-0.4, -0.2) is 32.1 Å². The Morgan fingerprint density at radius 2 is 2.00 bits per heavy atom. The van der Waals surface area contributed by atoms with E-state index in [1.54, 1.807) is 6.92 Å². The van der Waals surface area contributed by atoms with E-state index in [2.05, 4.69) is 5.48 Å². The van der Waals surface area contributed by atoms with Crippen LogP contribution in [0.25, 0.3) is 0 Å². The first-order chi connectivity index (χ1) is 7.03. The lowest BCUT2D eigenvalue weighted by atomic mass is 10.3. The lowest BCUT2D eigenvalue weighted by molar-refractivity contribution is -0.0334. The highest BCUT2D eigenvalue weighted by Gasteiger charge is 2.18. The average molecular weight is 235 g/mol. The van der Waals surface area contributed by atoms with E-state index in [1.165, 1.54) is 12.8 Å². The Balaban J connectivity index is 2.20. The van der Waals surface area contributed by atoms with Crippen molar-refractivity contribution in [2.24, 2.45) is 0 Å². The zero-order valence-corrected chi connectivity index (χ0v) is 10.3. The molecule has 0 radical (unpaired) electrons. The molecule has 1 aliphatic rings. The van der Waals surface area contributed by atoms with Crippen molar-refractivity contribution in [3.05, 3.63) is 0 Å². The molecule has 0 aromatic rings. The number of rotatable bonds is 6. The van der Waals surface area contributed by atoms with Crippen LogP contribution in [0.1, 0.15) is 39.5 Å². The van der Waals surface area contributed by atoms with Gasteiger partial charge in [0, 0.05) is 11.8 Å². The van der Waals surface area contributed by atoms with Gasteiger partial charge < -0.3 is 0 Å². The summed E-state index contributed by atoms with van der Waals surface area (Å²) in [6.45, 7) is 3.50. The second kappa shape index (κ2) is 5.82. The van der Waals surface area contributed by atoms with Gasteiger partial charge in [0.15, 0.2) is 9.84 Å². The molecular weight excluding hydrogens is 214 g/mol. The highest BCUT2D eigenvalue weighted by molar-refractivity contribution is 7.91. The van der Waals surface area contributed by atoms with E-state index in [9.17, 15) is 8.42 Å². The lowest BCUT2D eigenvalue weighted by Gasteiger charge is -2.17. The summed E-state index contributed by atoms with van der Waals surface area (Å²) in [6, 6.07) is -0.129. The zero-order chi connectivity index (χ0) is 11.3. The maximum Gasteiger partial charge on any atom is 0.151 e. The quantitative estimate of drug-likeness (QED) is 0.704. The van der Waals surface area contributed by atoms with E-state index < -0.39 is 9.84 Å². The largest absolute Gasteiger partial charge is 0.298 e. The van der Waals surface area contributed by atoms with Crippen molar-refractivity contribution in [2.75, 3.05) is 11.5 Å². The van der Waals surface area contributed by atoms with Crippen molar-refractivity contribution < 1.29 is 13.3 Å². The van der Waals surface area contributed by atoms with Crippen molar-refractivity contribution in [2.45, 2.75) is 51.7 Å². The smallest absolute Gasteiger partial charge is 0.151 e. The molecule has 0 amide bonds. The fourth-order valence-corrected chi connectivity index (χ4v) is 2.82. The second-order valence-corrected chi connectivity index (χ2v) is 6.64. The number of hydroxylamine groups is 1. The molecule has 0 aromatic heterocycles. The zero-order valence-electron chi connectivity index (χ0n) is 9.53. The van der Waals surface area contributed by atoms with Gasteiger partial charge in [-0.25, -0.2) is 8.42 Å². The minimum atomic E-state index is -2.91. The van der Waals surface area contributed by atoms with Crippen LogP contribution >= 0.6 is 0 Å². The predicted octanol–water partition coefficient (Wildman–Crippen LogP) is 1.27. The van der Waals surface area contributed by atoms with E-state index in [4.69, 9.17) is 4.84 Å². The van der Waals surface area contributed by atoms with Gasteiger partial charge in [0.25, 0.3) is 0 Å². The Morgan fingerprint density at radius 1 is 1.40 bits per heavy atom. The van der Waals surface area contributed by atoms with Crippen molar-refractivity contribution in [1.82, 2.24) is 5.48 Å². The predicted molar refractivity (Wildman–Crippen MR) is 60.3 cm³/mol. The van der Waals surface area contributed by atoms with Gasteiger partial charge >= 0.3 is 0 Å². The molecule has 15 heavy (non-hydrogen) atoms. The van der Waals surface area contributed by atoms with Crippen molar-refractivity contribution in [3.63, 3.8) is 0 Å². The molecule has 0 spiro atoms. The molecule has 0 bridgehead atoms. The van der Waals surface area contributed by atoms with Gasteiger partial charge in [0.2, 0.25) is 0 Å². The van der Waals surface area contributed by atoms with Crippen LogP contribution in [0.2, 0.25) is 0 Å². The minimum absolute atomic E-state index is 0.129. The summed E-state index contributed by atoms with van der Waals surface area (Å²) in [5, 5.41) is 0. The monoisotopic (exact) mass is 235 g/mol. The summed E-state index contributed by atoms with van der Waals surface area (Å²) >= 11 is 0. The summed E-state index contributed by atoms with van der Waals surface area (Å²) < 4.78 is 22.6. The van der Waals surface area contributed by atoms with Gasteiger partial charge in [-0.05, 0) is 19.8 Å². The lowest BCUT2D eigenvalue weighted by Crippen LogP contribution is -2.36. The van der Waals surface area contributed by atoms with Crippen LogP contribution in [0, 0.1) is 0 Å². The van der Waals surface area contributed by atoms with Crippen LogP contribution in [0.15, 0.2) is 0 Å². The summed E-state index contributed by atoms with van der Waals surface area (Å²) in [7, 11) is -2.91. The van der Waals surface area contributed by atoms with Crippen LogP contribution in [0.4, 0.5) is 0 Å². The fraction of sp³-hybridized carbons (Fsp3) is 1.00. The highest BCUT2D eigenvalue weighted by atomic mass is 32.2. The minimum Gasteiger partial charge on any atom is -0.298 e. The van der Waals surface area contributed by atoms with Gasteiger partial charge in [-0.1, -0.05) is 19.8 Å². The summed E-state index contributed by atoms with van der Waals surface area (Å²) in [4.78, 5) is 5.44. The van der Waals surface area contributed by atoms with E-state index in [-0.39, 0.29) is 23.7 Å². The molecule has 5 heteroatoms.